The van der Waals surface area contributed by atoms with E-state index in [1.54, 1.807) is 7.11 Å². The van der Waals surface area contributed by atoms with Crippen molar-refractivity contribution in [3.63, 3.8) is 0 Å². The van der Waals surface area contributed by atoms with Gasteiger partial charge >= 0.3 is 0 Å². The molecule has 0 amide bonds. The molecule has 0 saturated carbocycles. The predicted molar refractivity (Wildman–Crippen MR) is 123 cm³/mol. The minimum atomic E-state index is -3.25. The highest BCUT2D eigenvalue weighted by atomic mass is 127. The average molecular weight is 512 g/mol. The van der Waals surface area contributed by atoms with Crippen molar-refractivity contribution in [3.05, 3.63) is 29.3 Å². The van der Waals surface area contributed by atoms with Crippen molar-refractivity contribution in [2.45, 2.75) is 34.2 Å². The highest BCUT2D eigenvalue weighted by Gasteiger charge is 2.18. The van der Waals surface area contributed by atoms with Gasteiger partial charge < -0.3 is 15.4 Å². The van der Waals surface area contributed by atoms with Crippen LogP contribution in [0, 0.1) is 6.92 Å². The van der Waals surface area contributed by atoms with Gasteiger partial charge in [0.15, 0.2) is 5.96 Å². The Balaban J connectivity index is 0.00000676. The number of sulfonamides is 1. The quantitative estimate of drug-likeness (QED) is 0.286. The number of rotatable bonds is 10. The monoisotopic (exact) mass is 512 g/mol. The summed E-state index contributed by atoms with van der Waals surface area (Å²) in [6.07, 6.45) is 0. The summed E-state index contributed by atoms with van der Waals surface area (Å²) < 4.78 is 31.3. The second-order valence-electron chi connectivity index (χ2n) is 5.84. The maximum atomic E-state index is 12.2. The lowest BCUT2D eigenvalue weighted by Gasteiger charge is -2.19. The highest BCUT2D eigenvalue weighted by Crippen LogP contribution is 2.20. The van der Waals surface area contributed by atoms with Gasteiger partial charge in [-0.1, -0.05) is 26.0 Å². The summed E-state index contributed by atoms with van der Waals surface area (Å²) in [7, 11) is -1.61. The van der Waals surface area contributed by atoms with Crippen LogP contribution in [0.15, 0.2) is 23.2 Å². The smallest absolute Gasteiger partial charge is 0.215 e. The third kappa shape index (κ3) is 8.65. The number of ether oxygens (including phenoxy) is 1. The summed E-state index contributed by atoms with van der Waals surface area (Å²) in [5.74, 6) is 1.42. The molecule has 156 valence electrons. The van der Waals surface area contributed by atoms with Gasteiger partial charge in [0.1, 0.15) is 5.75 Å². The Kier molecular flexibility index (Phi) is 12.6. The van der Waals surface area contributed by atoms with Crippen LogP contribution in [-0.4, -0.2) is 57.7 Å². The van der Waals surface area contributed by atoms with Crippen LogP contribution < -0.4 is 15.4 Å². The second-order valence-corrected chi connectivity index (χ2v) is 7.93. The van der Waals surface area contributed by atoms with Crippen LogP contribution in [0.3, 0.4) is 0 Å². The summed E-state index contributed by atoms with van der Waals surface area (Å²) in [6.45, 7) is 10.1. The van der Waals surface area contributed by atoms with Gasteiger partial charge in [-0.2, -0.15) is 0 Å². The Bertz CT molecular complexity index is 692. The third-order valence-electron chi connectivity index (χ3n) is 3.95. The van der Waals surface area contributed by atoms with Crippen LogP contribution in [0.5, 0.6) is 5.75 Å². The Hall–Kier alpha value is -1.07. The molecule has 0 fully saturated rings. The van der Waals surface area contributed by atoms with E-state index in [1.807, 2.05) is 45.9 Å². The standard InChI is InChI=1S/C18H32N4O3S.HI/c1-6-19-18(20-11-12-26(23,24)22(7-2)8-3)21-14-16-10-9-15(4)13-17(16)25-5;/h9-10,13H,6-8,11-12,14H2,1-5H3,(H2,19,20,21);1H. The first kappa shape index (κ1) is 25.9. The van der Waals surface area contributed by atoms with Crippen molar-refractivity contribution >= 4 is 40.0 Å². The molecule has 0 aromatic heterocycles. The van der Waals surface area contributed by atoms with E-state index in [9.17, 15) is 8.42 Å². The van der Waals surface area contributed by atoms with Gasteiger partial charge in [0, 0.05) is 31.7 Å². The van der Waals surface area contributed by atoms with E-state index in [0.29, 0.717) is 38.7 Å². The molecule has 0 aliphatic rings. The number of hydrogen-bond acceptors (Lipinski definition) is 4. The largest absolute Gasteiger partial charge is 0.496 e. The number of guanidine groups is 1. The lowest BCUT2D eigenvalue weighted by Crippen LogP contribution is -2.42. The fourth-order valence-corrected chi connectivity index (χ4v) is 3.94. The number of benzene rings is 1. The van der Waals surface area contributed by atoms with E-state index in [-0.39, 0.29) is 29.7 Å². The maximum Gasteiger partial charge on any atom is 0.215 e. The molecule has 0 spiro atoms. The molecule has 0 atom stereocenters. The Labute approximate surface area is 181 Å². The van der Waals surface area contributed by atoms with Crippen LogP contribution in [0.25, 0.3) is 0 Å². The molecule has 0 heterocycles. The lowest BCUT2D eigenvalue weighted by atomic mass is 10.1. The molecule has 1 aromatic rings. The average Bonchev–Trinajstić information content (AvgIpc) is 2.60. The van der Waals surface area contributed by atoms with Gasteiger partial charge in [-0.05, 0) is 25.5 Å². The topological polar surface area (TPSA) is 83.0 Å². The zero-order chi connectivity index (χ0) is 19.6. The number of nitrogens with zero attached hydrogens (tertiary/aromatic N) is 2. The maximum absolute atomic E-state index is 12.2. The van der Waals surface area contributed by atoms with Gasteiger partial charge in [-0.15, -0.1) is 24.0 Å². The second kappa shape index (κ2) is 13.2. The zero-order valence-electron chi connectivity index (χ0n) is 16.9. The number of halogens is 1. The van der Waals surface area contributed by atoms with Crippen molar-refractivity contribution in [2.75, 3.05) is 39.0 Å². The fraction of sp³-hybridized carbons (Fsp3) is 0.611. The van der Waals surface area contributed by atoms with E-state index in [0.717, 1.165) is 16.9 Å². The van der Waals surface area contributed by atoms with Crippen LogP contribution in [0.2, 0.25) is 0 Å². The summed E-state index contributed by atoms with van der Waals surface area (Å²) in [6, 6.07) is 5.98. The van der Waals surface area contributed by atoms with Gasteiger partial charge in [-0.3, -0.25) is 0 Å². The number of nitrogens with one attached hydrogen (secondary N) is 2. The fourth-order valence-electron chi connectivity index (χ4n) is 2.53. The van der Waals surface area contributed by atoms with Gasteiger partial charge in [0.05, 0.1) is 19.4 Å². The number of hydrogen-bond donors (Lipinski definition) is 2. The highest BCUT2D eigenvalue weighted by molar-refractivity contribution is 14.0. The predicted octanol–water partition coefficient (Wildman–Crippen LogP) is 2.35. The molecular weight excluding hydrogens is 479 g/mol. The van der Waals surface area contributed by atoms with Crippen molar-refractivity contribution in [2.24, 2.45) is 4.99 Å². The lowest BCUT2D eigenvalue weighted by molar-refractivity contribution is 0.409. The molecule has 2 N–H and O–H groups in total. The molecule has 7 nitrogen and oxygen atoms in total. The number of aryl methyl sites for hydroxylation is 1. The van der Waals surface area contributed by atoms with Gasteiger partial charge in [-0.25, -0.2) is 17.7 Å². The third-order valence-corrected chi connectivity index (χ3v) is 5.97. The SMILES string of the molecule is CCNC(=NCc1ccc(C)cc1OC)NCCS(=O)(=O)N(CC)CC.I. The summed E-state index contributed by atoms with van der Waals surface area (Å²) >= 11 is 0. The molecule has 9 heteroatoms. The molecule has 0 aliphatic carbocycles. The summed E-state index contributed by atoms with van der Waals surface area (Å²) in [5, 5.41) is 6.23. The van der Waals surface area contributed by atoms with E-state index < -0.39 is 10.0 Å². The van der Waals surface area contributed by atoms with Crippen LogP contribution in [0.4, 0.5) is 0 Å². The van der Waals surface area contributed by atoms with Crippen molar-refractivity contribution < 1.29 is 13.2 Å². The molecular formula is C18H33IN4O3S. The Morgan fingerprint density at radius 2 is 1.85 bits per heavy atom. The van der Waals surface area contributed by atoms with Crippen molar-refractivity contribution in [3.8, 4) is 5.75 Å². The molecule has 0 radical (unpaired) electrons. The molecule has 0 bridgehead atoms. The van der Waals surface area contributed by atoms with Crippen molar-refractivity contribution in [1.29, 1.82) is 0 Å². The molecule has 0 aliphatic heterocycles. The van der Waals surface area contributed by atoms with Gasteiger partial charge in [0.25, 0.3) is 0 Å². The summed E-state index contributed by atoms with van der Waals surface area (Å²) in [5.41, 5.74) is 2.10. The van der Waals surface area contributed by atoms with Gasteiger partial charge in [0.2, 0.25) is 10.0 Å². The van der Waals surface area contributed by atoms with Crippen molar-refractivity contribution in [1.82, 2.24) is 14.9 Å². The number of aliphatic imine (C=N–C) groups is 1. The van der Waals surface area contributed by atoms with E-state index in [1.165, 1.54) is 4.31 Å². The molecule has 0 unspecified atom stereocenters. The first-order valence-electron chi connectivity index (χ1n) is 9.01. The zero-order valence-corrected chi connectivity index (χ0v) is 20.1. The van der Waals surface area contributed by atoms with Crippen LogP contribution in [-0.2, 0) is 16.6 Å². The van der Waals surface area contributed by atoms with E-state index >= 15 is 0 Å². The first-order chi connectivity index (χ1) is 12.4. The molecule has 1 rings (SSSR count). The first-order valence-corrected chi connectivity index (χ1v) is 10.6. The Morgan fingerprint density at radius 1 is 1.19 bits per heavy atom. The van der Waals surface area contributed by atoms with Crippen LogP contribution >= 0.6 is 24.0 Å². The van der Waals surface area contributed by atoms with E-state index in [4.69, 9.17) is 4.74 Å². The minimum absolute atomic E-state index is 0. The molecule has 27 heavy (non-hydrogen) atoms. The molecule has 1 aromatic carbocycles. The summed E-state index contributed by atoms with van der Waals surface area (Å²) in [4.78, 5) is 4.53. The Morgan fingerprint density at radius 3 is 2.41 bits per heavy atom. The minimum Gasteiger partial charge on any atom is -0.496 e. The molecule has 0 saturated heterocycles. The van der Waals surface area contributed by atoms with E-state index in [2.05, 4.69) is 15.6 Å². The van der Waals surface area contributed by atoms with Crippen LogP contribution in [0.1, 0.15) is 31.9 Å². The normalized spacial score (nSPS) is 11.9. The number of methoxy groups -OCH3 is 1.